The number of rotatable bonds is 3. The van der Waals surface area contributed by atoms with Gasteiger partial charge in [0.25, 0.3) is 0 Å². The fourth-order valence-corrected chi connectivity index (χ4v) is 2.53. The predicted octanol–water partition coefficient (Wildman–Crippen LogP) is 3.81. The summed E-state index contributed by atoms with van der Waals surface area (Å²) in [4.78, 5) is 13.3. The molecule has 1 heterocycles. The maximum Gasteiger partial charge on any atom is 0.410 e. The molecule has 0 aromatic heterocycles. The third kappa shape index (κ3) is 2.96. The van der Waals surface area contributed by atoms with Gasteiger partial charge in [-0.1, -0.05) is 60.2 Å². The Balaban J connectivity index is 1.54. The van der Waals surface area contributed by atoms with Crippen LogP contribution in [0.2, 0.25) is 0 Å². The summed E-state index contributed by atoms with van der Waals surface area (Å²) >= 11 is 0. The number of hydrogen-bond donors (Lipinski definition) is 0. The Hall–Kier alpha value is -2.36. The van der Waals surface area contributed by atoms with Crippen LogP contribution in [0.1, 0.15) is 16.7 Å². The van der Waals surface area contributed by atoms with Gasteiger partial charge in [0.15, 0.2) is 5.67 Å². The molecule has 0 spiro atoms. The minimum Gasteiger partial charge on any atom is -0.445 e. The fraction of sp³-hybridized carbons (Fsp3) is 0.278. The Labute approximate surface area is 129 Å². The van der Waals surface area contributed by atoms with E-state index < -0.39 is 11.8 Å². The first-order valence-corrected chi connectivity index (χ1v) is 7.28. The Kier molecular flexibility index (Phi) is 3.84. The molecule has 0 atom stereocenters. The van der Waals surface area contributed by atoms with E-state index in [0.29, 0.717) is 5.56 Å². The Morgan fingerprint density at radius 3 is 2.41 bits per heavy atom. The van der Waals surface area contributed by atoms with Crippen LogP contribution in [0.25, 0.3) is 0 Å². The maximum atomic E-state index is 14.7. The van der Waals surface area contributed by atoms with Gasteiger partial charge in [-0.2, -0.15) is 0 Å². The highest BCUT2D eigenvalue weighted by atomic mass is 19.1. The second-order valence-corrected chi connectivity index (χ2v) is 5.73. The van der Waals surface area contributed by atoms with Crippen LogP contribution in [0.15, 0.2) is 54.6 Å². The molecule has 22 heavy (non-hydrogen) atoms. The number of carbonyl (C=O) groups excluding carboxylic acids is 1. The van der Waals surface area contributed by atoms with Crippen molar-refractivity contribution in [1.29, 1.82) is 0 Å². The molecule has 3 rings (SSSR count). The van der Waals surface area contributed by atoms with Crippen LogP contribution in [0, 0.1) is 6.92 Å². The minimum atomic E-state index is -1.46. The van der Waals surface area contributed by atoms with Crippen molar-refractivity contribution < 1.29 is 13.9 Å². The summed E-state index contributed by atoms with van der Waals surface area (Å²) in [5, 5.41) is 0. The molecule has 1 saturated heterocycles. The molecule has 0 saturated carbocycles. The van der Waals surface area contributed by atoms with E-state index in [9.17, 15) is 9.18 Å². The molecule has 0 N–H and O–H groups in total. The molecule has 1 amide bonds. The van der Waals surface area contributed by atoms with Gasteiger partial charge >= 0.3 is 6.09 Å². The van der Waals surface area contributed by atoms with Crippen molar-refractivity contribution in [2.24, 2.45) is 0 Å². The van der Waals surface area contributed by atoms with E-state index in [1.54, 1.807) is 12.1 Å². The van der Waals surface area contributed by atoms with E-state index >= 15 is 0 Å². The maximum absolute atomic E-state index is 14.7. The van der Waals surface area contributed by atoms with Crippen LogP contribution < -0.4 is 0 Å². The van der Waals surface area contributed by atoms with Crippen LogP contribution >= 0.6 is 0 Å². The smallest absolute Gasteiger partial charge is 0.410 e. The zero-order valence-corrected chi connectivity index (χ0v) is 12.5. The number of carbonyl (C=O) groups is 1. The largest absolute Gasteiger partial charge is 0.445 e. The molecule has 2 aromatic rings. The van der Waals surface area contributed by atoms with Gasteiger partial charge in [-0.05, 0) is 18.1 Å². The van der Waals surface area contributed by atoms with Gasteiger partial charge in [0.05, 0.1) is 13.1 Å². The number of aryl methyl sites for hydroxylation is 1. The first-order chi connectivity index (χ1) is 10.6. The lowest BCUT2D eigenvalue weighted by Crippen LogP contribution is -2.58. The van der Waals surface area contributed by atoms with E-state index in [2.05, 4.69) is 0 Å². The normalized spacial score (nSPS) is 16.0. The van der Waals surface area contributed by atoms with E-state index in [-0.39, 0.29) is 19.7 Å². The Morgan fingerprint density at radius 1 is 1.14 bits per heavy atom. The van der Waals surface area contributed by atoms with Gasteiger partial charge in [0.2, 0.25) is 0 Å². The van der Waals surface area contributed by atoms with Crippen LogP contribution in [0.5, 0.6) is 0 Å². The van der Waals surface area contributed by atoms with Gasteiger partial charge in [0, 0.05) is 0 Å². The van der Waals surface area contributed by atoms with Crippen molar-refractivity contribution in [3.8, 4) is 0 Å². The number of amides is 1. The van der Waals surface area contributed by atoms with Crippen LogP contribution in [-0.2, 0) is 17.0 Å². The van der Waals surface area contributed by atoms with Crippen molar-refractivity contribution >= 4 is 6.09 Å². The molecule has 1 aliphatic rings. The summed E-state index contributed by atoms with van der Waals surface area (Å²) in [5.74, 6) is 0. The van der Waals surface area contributed by atoms with Crippen LogP contribution in [0.4, 0.5) is 9.18 Å². The highest BCUT2D eigenvalue weighted by molar-refractivity contribution is 5.69. The molecule has 0 radical (unpaired) electrons. The van der Waals surface area contributed by atoms with E-state index in [4.69, 9.17) is 4.74 Å². The topological polar surface area (TPSA) is 29.5 Å². The Bertz CT molecular complexity index is 649. The summed E-state index contributed by atoms with van der Waals surface area (Å²) < 4.78 is 19.9. The average molecular weight is 299 g/mol. The number of ether oxygens (including phenoxy) is 1. The first kappa shape index (κ1) is 14.6. The van der Waals surface area contributed by atoms with Crippen LogP contribution in [-0.4, -0.2) is 24.1 Å². The number of nitrogens with zero attached hydrogens (tertiary/aromatic N) is 1. The highest BCUT2D eigenvalue weighted by Gasteiger charge is 2.47. The molecule has 1 fully saturated rings. The SMILES string of the molecule is Cc1ccc(C2(F)CN(C(=O)OCc3ccccc3)C2)cc1. The lowest BCUT2D eigenvalue weighted by Gasteiger charge is -2.43. The third-order valence-corrected chi connectivity index (χ3v) is 3.92. The summed E-state index contributed by atoms with van der Waals surface area (Å²) in [6, 6.07) is 16.8. The second kappa shape index (κ2) is 5.79. The van der Waals surface area contributed by atoms with Crippen LogP contribution in [0.3, 0.4) is 0 Å². The summed E-state index contributed by atoms with van der Waals surface area (Å²) in [6.45, 7) is 2.26. The quantitative estimate of drug-likeness (QED) is 0.862. The van der Waals surface area contributed by atoms with Crippen molar-refractivity contribution in [3.05, 3.63) is 71.3 Å². The number of alkyl halides is 1. The summed E-state index contributed by atoms with van der Waals surface area (Å²) in [5.41, 5.74) is 1.16. The third-order valence-electron chi connectivity index (χ3n) is 3.92. The van der Waals surface area contributed by atoms with Gasteiger partial charge in [-0.3, -0.25) is 0 Å². The summed E-state index contributed by atoms with van der Waals surface area (Å²) in [7, 11) is 0. The predicted molar refractivity (Wildman–Crippen MR) is 82.2 cm³/mol. The number of halogens is 1. The average Bonchev–Trinajstić information content (AvgIpc) is 2.51. The van der Waals surface area contributed by atoms with Crippen molar-refractivity contribution in [2.45, 2.75) is 19.2 Å². The summed E-state index contributed by atoms with van der Waals surface area (Å²) in [6.07, 6.45) is -0.468. The monoisotopic (exact) mass is 299 g/mol. The zero-order chi connectivity index (χ0) is 15.6. The van der Waals surface area contributed by atoms with Gasteiger partial charge < -0.3 is 9.64 Å². The van der Waals surface area contributed by atoms with Crippen molar-refractivity contribution in [2.75, 3.05) is 13.1 Å². The van der Waals surface area contributed by atoms with E-state index in [1.807, 2.05) is 49.4 Å². The molecule has 0 unspecified atom stereocenters. The van der Waals surface area contributed by atoms with Crippen molar-refractivity contribution in [3.63, 3.8) is 0 Å². The standard InChI is InChI=1S/C18H18FNO2/c1-14-7-9-16(10-8-14)18(19)12-20(13-18)17(21)22-11-15-5-3-2-4-6-15/h2-10H,11-13H2,1H3. The first-order valence-electron chi connectivity index (χ1n) is 7.28. The minimum absolute atomic E-state index is 0.0453. The lowest BCUT2D eigenvalue weighted by molar-refractivity contribution is -0.0346. The lowest BCUT2D eigenvalue weighted by atomic mass is 9.88. The molecule has 0 aliphatic carbocycles. The van der Waals surface area contributed by atoms with Gasteiger partial charge in [0.1, 0.15) is 6.61 Å². The van der Waals surface area contributed by atoms with Gasteiger partial charge in [-0.15, -0.1) is 0 Å². The number of benzene rings is 2. The molecule has 114 valence electrons. The fourth-order valence-electron chi connectivity index (χ4n) is 2.53. The van der Waals surface area contributed by atoms with E-state index in [1.165, 1.54) is 4.90 Å². The molecular weight excluding hydrogens is 281 g/mol. The highest BCUT2D eigenvalue weighted by Crippen LogP contribution is 2.36. The van der Waals surface area contributed by atoms with Crippen molar-refractivity contribution in [1.82, 2.24) is 4.90 Å². The second-order valence-electron chi connectivity index (χ2n) is 5.73. The molecule has 0 bridgehead atoms. The van der Waals surface area contributed by atoms with E-state index in [0.717, 1.165) is 11.1 Å². The zero-order valence-electron chi connectivity index (χ0n) is 12.5. The number of likely N-dealkylation sites (tertiary alicyclic amines) is 1. The molecule has 4 heteroatoms. The molecular formula is C18H18FNO2. The Morgan fingerprint density at radius 2 is 1.77 bits per heavy atom. The molecule has 3 nitrogen and oxygen atoms in total. The molecule has 2 aromatic carbocycles. The number of hydrogen-bond acceptors (Lipinski definition) is 2. The molecule has 1 aliphatic heterocycles. The van der Waals surface area contributed by atoms with Gasteiger partial charge in [-0.25, -0.2) is 9.18 Å².